The number of ether oxygens (including phenoxy) is 1. The lowest BCUT2D eigenvalue weighted by molar-refractivity contribution is 0.0519. The van der Waals surface area contributed by atoms with Crippen LogP contribution in [-0.2, 0) is 4.74 Å². The highest BCUT2D eigenvalue weighted by atomic mass is 16.5. The molecule has 1 N–H and O–H groups in total. The molecule has 6 nitrogen and oxygen atoms in total. The van der Waals surface area contributed by atoms with Gasteiger partial charge in [0, 0.05) is 16.8 Å². The van der Waals surface area contributed by atoms with Crippen molar-refractivity contribution >= 4 is 17.4 Å². The zero-order valence-electron chi connectivity index (χ0n) is 12.6. The number of carbonyl (C=O) groups is 2. The van der Waals surface area contributed by atoms with E-state index in [0.717, 1.165) is 0 Å². The van der Waals surface area contributed by atoms with E-state index in [1.54, 1.807) is 32.9 Å². The summed E-state index contributed by atoms with van der Waals surface area (Å²) in [6.07, 6.45) is 0. The summed E-state index contributed by atoms with van der Waals surface area (Å²) in [6.45, 7) is 5.37. The van der Waals surface area contributed by atoms with Gasteiger partial charge in [-0.3, -0.25) is 4.79 Å². The molecule has 114 valence electrons. The molecule has 0 spiro atoms. The first-order valence-electron chi connectivity index (χ1n) is 6.84. The molecule has 0 fully saturated rings. The van der Waals surface area contributed by atoms with Crippen molar-refractivity contribution in [2.75, 3.05) is 6.61 Å². The van der Waals surface area contributed by atoms with Gasteiger partial charge in [0.1, 0.15) is 11.4 Å². The molecule has 2 rings (SSSR count). The maximum Gasteiger partial charge on any atom is 0.355 e. The van der Waals surface area contributed by atoms with Crippen molar-refractivity contribution in [3.8, 4) is 0 Å². The third-order valence-electron chi connectivity index (χ3n) is 3.36. The van der Waals surface area contributed by atoms with E-state index < -0.39 is 5.97 Å². The van der Waals surface area contributed by atoms with Crippen LogP contribution in [0.3, 0.4) is 0 Å². The fourth-order valence-electron chi connectivity index (χ4n) is 2.35. The van der Waals surface area contributed by atoms with Crippen LogP contribution in [0.4, 0.5) is 5.69 Å². The largest absolute Gasteiger partial charge is 0.461 e. The summed E-state index contributed by atoms with van der Waals surface area (Å²) in [4.78, 5) is 38.0. The molecule has 1 aromatic heterocycles. The number of hydrogen-bond acceptors (Lipinski definition) is 5. The molecule has 6 heteroatoms. The number of aromatic amines is 1. The number of esters is 1. The van der Waals surface area contributed by atoms with Crippen LogP contribution in [0.2, 0.25) is 0 Å². The predicted molar refractivity (Wildman–Crippen MR) is 81.6 cm³/mol. The van der Waals surface area contributed by atoms with Gasteiger partial charge in [0.15, 0.2) is 5.78 Å². The molecule has 0 saturated carbocycles. The number of nitrogens with zero attached hydrogens (tertiary/aromatic N) is 1. The van der Waals surface area contributed by atoms with E-state index in [0.29, 0.717) is 22.4 Å². The third-order valence-corrected chi connectivity index (χ3v) is 3.36. The van der Waals surface area contributed by atoms with Crippen molar-refractivity contribution in [3.63, 3.8) is 0 Å². The van der Waals surface area contributed by atoms with Gasteiger partial charge in [-0.2, -0.15) is 0 Å². The summed E-state index contributed by atoms with van der Waals surface area (Å²) in [5, 5.41) is 2.83. The Morgan fingerprint density at radius 1 is 1.27 bits per heavy atom. The average molecular weight is 300 g/mol. The Labute approximate surface area is 127 Å². The number of nitroso groups, excluding NO2 is 1. The second kappa shape index (κ2) is 6.34. The van der Waals surface area contributed by atoms with Crippen LogP contribution in [0.1, 0.15) is 44.6 Å². The summed E-state index contributed by atoms with van der Waals surface area (Å²) in [6, 6.07) is 6.14. The maximum atomic E-state index is 12.6. The molecule has 0 bridgehead atoms. The van der Waals surface area contributed by atoms with Crippen LogP contribution < -0.4 is 0 Å². The van der Waals surface area contributed by atoms with Crippen molar-refractivity contribution in [3.05, 3.63) is 57.3 Å². The van der Waals surface area contributed by atoms with Crippen LogP contribution in [-0.4, -0.2) is 23.3 Å². The third kappa shape index (κ3) is 2.81. The minimum absolute atomic E-state index is 0.183. The van der Waals surface area contributed by atoms with E-state index in [4.69, 9.17) is 4.74 Å². The zero-order chi connectivity index (χ0) is 16.3. The SMILES string of the molecule is CCOC(=O)c1[nH]c(C)c(C(=O)c2cccc(N=O)c2)c1C. The standard InChI is InChI=1S/C16H16N2O4/c1-4-22-16(20)14-9(2)13(10(3)17-14)15(19)11-6-5-7-12(8-11)18-21/h5-8,17H,4H2,1-3H3. The van der Waals surface area contributed by atoms with Gasteiger partial charge in [-0.15, -0.1) is 4.91 Å². The quantitative estimate of drug-likeness (QED) is 0.520. The Bertz CT molecular complexity index is 747. The van der Waals surface area contributed by atoms with Crippen molar-refractivity contribution in [1.82, 2.24) is 4.98 Å². The monoisotopic (exact) mass is 300 g/mol. The van der Waals surface area contributed by atoms with Crippen molar-refractivity contribution in [2.24, 2.45) is 5.18 Å². The Morgan fingerprint density at radius 3 is 2.64 bits per heavy atom. The van der Waals surface area contributed by atoms with Gasteiger partial charge in [-0.05, 0) is 43.6 Å². The lowest BCUT2D eigenvalue weighted by Crippen LogP contribution is -2.08. The zero-order valence-corrected chi connectivity index (χ0v) is 12.6. The van der Waals surface area contributed by atoms with E-state index in [1.807, 2.05) is 0 Å². The Kier molecular flexibility index (Phi) is 4.50. The molecular formula is C16H16N2O4. The van der Waals surface area contributed by atoms with E-state index in [1.165, 1.54) is 12.1 Å². The van der Waals surface area contributed by atoms with Gasteiger partial charge in [-0.25, -0.2) is 4.79 Å². The smallest absolute Gasteiger partial charge is 0.355 e. The molecule has 22 heavy (non-hydrogen) atoms. The van der Waals surface area contributed by atoms with Crippen LogP contribution in [0.5, 0.6) is 0 Å². The molecule has 0 aliphatic rings. The number of aromatic nitrogens is 1. The molecule has 1 heterocycles. The highest BCUT2D eigenvalue weighted by Gasteiger charge is 2.23. The molecule has 0 aliphatic heterocycles. The van der Waals surface area contributed by atoms with Crippen molar-refractivity contribution in [2.45, 2.75) is 20.8 Å². The fraction of sp³-hybridized carbons (Fsp3) is 0.250. The van der Waals surface area contributed by atoms with Gasteiger partial charge in [-0.1, -0.05) is 12.1 Å². The van der Waals surface area contributed by atoms with Gasteiger partial charge >= 0.3 is 5.97 Å². The van der Waals surface area contributed by atoms with Crippen LogP contribution in [0.25, 0.3) is 0 Å². The lowest BCUT2D eigenvalue weighted by atomic mass is 9.99. The second-order valence-electron chi connectivity index (χ2n) is 4.82. The Balaban J connectivity index is 2.46. The van der Waals surface area contributed by atoms with Crippen molar-refractivity contribution in [1.29, 1.82) is 0 Å². The molecule has 0 radical (unpaired) electrons. The summed E-state index contributed by atoms with van der Waals surface area (Å²) in [7, 11) is 0. The first kappa shape index (κ1) is 15.6. The Hall–Kier alpha value is -2.76. The number of benzene rings is 1. The number of carbonyl (C=O) groups excluding carboxylic acids is 2. The summed E-state index contributed by atoms with van der Waals surface area (Å²) in [5.74, 6) is -0.766. The highest BCUT2D eigenvalue weighted by Crippen LogP contribution is 2.24. The molecule has 0 aliphatic carbocycles. The summed E-state index contributed by atoms with van der Waals surface area (Å²) >= 11 is 0. The van der Waals surface area contributed by atoms with Gasteiger partial charge < -0.3 is 9.72 Å². The normalized spacial score (nSPS) is 10.3. The number of rotatable bonds is 5. The van der Waals surface area contributed by atoms with Crippen molar-refractivity contribution < 1.29 is 14.3 Å². The minimum atomic E-state index is -0.495. The molecule has 0 amide bonds. The van der Waals surface area contributed by atoms with E-state index in [9.17, 15) is 14.5 Å². The first-order valence-corrected chi connectivity index (χ1v) is 6.84. The first-order chi connectivity index (χ1) is 10.5. The van der Waals surface area contributed by atoms with Gasteiger partial charge in [0.05, 0.1) is 6.61 Å². The second-order valence-corrected chi connectivity index (χ2v) is 4.82. The topological polar surface area (TPSA) is 88.6 Å². The van der Waals surface area contributed by atoms with Crippen LogP contribution >= 0.6 is 0 Å². The number of nitrogens with one attached hydrogen (secondary N) is 1. The molecule has 0 atom stereocenters. The molecule has 1 aromatic carbocycles. The predicted octanol–water partition coefficient (Wildman–Crippen LogP) is 3.44. The summed E-state index contributed by atoms with van der Waals surface area (Å²) in [5.41, 5.74) is 2.32. The maximum absolute atomic E-state index is 12.6. The minimum Gasteiger partial charge on any atom is -0.461 e. The molecule has 2 aromatic rings. The number of hydrogen-bond donors (Lipinski definition) is 1. The van der Waals surface area contributed by atoms with Crippen LogP contribution in [0.15, 0.2) is 29.4 Å². The molecule has 0 saturated heterocycles. The van der Waals surface area contributed by atoms with Crippen LogP contribution in [0, 0.1) is 18.8 Å². The Morgan fingerprint density at radius 2 is 2.00 bits per heavy atom. The number of aryl methyl sites for hydroxylation is 1. The van der Waals surface area contributed by atoms with E-state index in [2.05, 4.69) is 10.2 Å². The lowest BCUT2D eigenvalue weighted by Gasteiger charge is -2.03. The van der Waals surface area contributed by atoms with E-state index in [-0.39, 0.29) is 23.8 Å². The fourth-order valence-corrected chi connectivity index (χ4v) is 2.35. The van der Waals surface area contributed by atoms with E-state index >= 15 is 0 Å². The van der Waals surface area contributed by atoms with Gasteiger partial charge in [0.25, 0.3) is 0 Å². The summed E-state index contributed by atoms with van der Waals surface area (Å²) < 4.78 is 4.96. The van der Waals surface area contributed by atoms with Gasteiger partial charge in [0.2, 0.25) is 0 Å². The highest BCUT2D eigenvalue weighted by molar-refractivity contribution is 6.12. The average Bonchev–Trinajstić information content (AvgIpc) is 2.82. The number of ketones is 1. The number of H-pyrrole nitrogens is 1. The molecular weight excluding hydrogens is 284 g/mol. The molecule has 0 unspecified atom stereocenters.